The van der Waals surface area contributed by atoms with Crippen molar-refractivity contribution in [3.63, 3.8) is 0 Å². The van der Waals surface area contributed by atoms with Crippen LogP contribution in [0.4, 0.5) is 17.3 Å². The van der Waals surface area contributed by atoms with Gasteiger partial charge in [0.2, 0.25) is 0 Å². The Balaban J connectivity index is 1.72. The van der Waals surface area contributed by atoms with Crippen molar-refractivity contribution >= 4 is 28.9 Å². The molecule has 0 saturated carbocycles. The Morgan fingerprint density at radius 2 is 1.95 bits per heavy atom. The second-order valence-electron chi connectivity index (χ2n) is 5.24. The molecule has 112 valence electrons. The fourth-order valence-electron chi connectivity index (χ4n) is 2.50. The van der Waals surface area contributed by atoms with Crippen LogP contribution < -0.4 is 10.2 Å². The third-order valence-electron chi connectivity index (χ3n) is 3.66. The number of nitrogens with one attached hydrogen (secondary N) is 1. The first kappa shape index (κ1) is 14.6. The van der Waals surface area contributed by atoms with Crippen LogP contribution in [0.25, 0.3) is 0 Å². The van der Waals surface area contributed by atoms with Crippen LogP contribution in [0.5, 0.6) is 0 Å². The second kappa shape index (κ2) is 6.63. The molecular formula is C16H16ClN5. The number of hydrogen-bond donors (Lipinski definition) is 1. The Morgan fingerprint density at radius 1 is 1.14 bits per heavy atom. The zero-order valence-corrected chi connectivity index (χ0v) is 12.8. The zero-order valence-electron chi connectivity index (χ0n) is 12.1. The molecule has 1 fully saturated rings. The van der Waals surface area contributed by atoms with Crippen molar-refractivity contribution in [1.82, 2.24) is 9.97 Å². The molecule has 0 bridgehead atoms. The fourth-order valence-corrected chi connectivity index (χ4v) is 2.71. The molecule has 2 aromatic heterocycles. The van der Waals surface area contributed by atoms with Crippen LogP contribution in [0, 0.1) is 11.3 Å². The number of halogens is 1. The lowest BCUT2D eigenvalue weighted by atomic mass is 10.1. The molecule has 0 atom stereocenters. The van der Waals surface area contributed by atoms with Crippen molar-refractivity contribution in [2.75, 3.05) is 23.3 Å². The molecule has 1 saturated heterocycles. The van der Waals surface area contributed by atoms with Gasteiger partial charge in [0.15, 0.2) is 0 Å². The molecule has 3 heterocycles. The summed E-state index contributed by atoms with van der Waals surface area (Å²) >= 11 is 6.11. The van der Waals surface area contributed by atoms with E-state index in [1.54, 1.807) is 12.3 Å². The summed E-state index contributed by atoms with van der Waals surface area (Å²) in [5.74, 6) is 1.53. The maximum Gasteiger partial charge on any atom is 0.149 e. The SMILES string of the molecule is N#Cc1cnc(Nc2ccc(N3CCCCC3)nc2)c(Cl)c1. The highest BCUT2D eigenvalue weighted by Gasteiger charge is 2.12. The molecule has 6 heteroatoms. The van der Waals surface area contributed by atoms with E-state index < -0.39 is 0 Å². The molecule has 1 aliphatic heterocycles. The minimum absolute atomic E-state index is 0.416. The van der Waals surface area contributed by atoms with Crippen molar-refractivity contribution in [3.05, 3.63) is 41.2 Å². The highest BCUT2D eigenvalue weighted by molar-refractivity contribution is 6.33. The number of nitriles is 1. The van der Waals surface area contributed by atoms with E-state index in [1.807, 2.05) is 18.2 Å². The average molecular weight is 314 g/mol. The first-order chi connectivity index (χ1) is 10.8. The summed E-state index contributed by atoms with van der Waals surface area (Å²) < 4.78 is 0. The smallest absolute Gasteiger partial charge is 0.149 e. The number of pyridine rings is 2. The van der Waals surface area contributed by atoms with Gasteiger partial charge in [0, 0.05) is 19.3 Å². The Kier molecular flexibility index (Phi) is 4.40. The Bertz CT molecular complexity index is 687. The lowest BCUT2D eigenvalue weighted by Gasteiger charge is -2.27. The monoisotopic (exact) mass is 313 g/mol. The molecule has 2 aromatic rings. The molecule has 3 rings (SSSR count). The minimum Gasteiger partial charge on any atom is -0.357 e. The first-order valence-corrected chi connectivity index (χ1v) is 7.68. The minimum atomic E-state index is 0.416. The summed E-state index contributed by atoms with van der Waals surface area (Å²) in [4.78, 5) is 11.0. The van der Waals surface area contributed by atoms with E-state index in [1.165, 1.54) is 25.5 Å². The number of rotatable bonds is 3. The van der Waals surface area contributed by atoms with Gasteiger partial charge in [0.25, 0.3) is 0 Å². The van der Waals surface area contributed by atoms with Crippen molar-refractivity contribution in [2.24, 2.45) is 0 Å². The predicted octanol–water partition coefficient (Wildman–Crippen LogP) is 3.74. The summed E-state index contributed by atoms with van der Waals surface area (Å²) in [6.45, 7) is 2.14. The van der Waals surface area contributed by atoms with Gasteiger partial charge in [-0.05, 0) is 37.5 Å². The molecule has 0 aromatic carbocycles. The molecule has 0 unspecified atom stereocenters. The maximum absolute atomic E-state index is 8.81. The highest BCUT2D eigenvalue weighted by atomic mass is 35.5. The molecule has 1 N–H and O–H groups in total. The van der Waals surface area contributed by atoms with Crippen LogP contribution in [-0.4, -0.2) is 23.1 Å². The number of aromatic nitrogens is 2. The van der Waals surface area contributed by atoms with E-state index in [0.29, 0.717) is 16.4 Å². The third-order valence-corrected chi connectivity index (χ3v) is 3.95. The lowest BCUT2D eigenvalue weighted by molar-refractivity contribution is 0.573. The second-order valence-corrected chi connectivity index (χ2v) is 5.65. The summed E-state index contributed by atoms with van der Waals surface area (Å²) in [7, 11) is 0. The number of piperidine rings is 1. The summed E-state index contributed by atoms with van der Waals surface area (Å²) in [5.41, 5.74) is 1.26. The average Bonchev–Trinajstić information content (AvgIpc) is 2.58. The van der Waals surface area contributed by atoms with E-state index in [2.05, 4.69) is 20.2 Å². The topological polar surface area (TPSA) is 64.8 Å². The Hall–Kier alpha value is -2.32. The van der Waals surface area contributed by atoms with Crippen molar-refractivity contribution < 1.29 is 0 Å². The van der Waals surface area contributed by atoms with E-state index in [4.69, 9.17) is 16.9 Å². The number of hydrogen-bond acceptors (Lipinski definition) is 5. The largest absolute Gasteiger partial charge is 0.357 e. The molecule has 5 nitrogen and oxygen atoms in total. The summed E-state index contributed by atoms with van der Waals surface area (Å²) in [6.07, 6.45) is 7.03. The first-order valence-electron chi connectivity index (χ1n) is 7.30. The van der Waals surface area contributed by atoms with Gasteiger partial charge in [-0.1, -0.05) is 11.6 Å². The van der Waals surface area contributed by atoms with Crippen molar-refractivity contribution in [3.8, 4) is 6.07 Å². The van der Waals surface area contributed by atoms with Gasteiger partial charge in [-0.15, -0.1) is 0 Å². The normalized spacial score (nSPS) is 14.5. The Labute approximate surface area is 134 Å². The zero-order chi connectivity index (χ0) is 15.4. The molecule has 0 spiro atoms. The standard InChI is InChI=1S/C16H16ClN5/c17-14-8-12(9-18)10-20-16(14)21-13-4-5-15(19-11-13)22-6-2-1-3-7-22/h4-5,8,10-11H,1-3,6-7H2,(H,20,21). The fraction of sp³-hybridized carbons (Fsp3) is 0.312. The van der Waals surface area contributed by atoms with Gasteiger partial charge < -0.3 is 10.2 Å². The van der Waals surface area contributed by atoms with Crippen LogP contribution in [0.2, 0.25) is 5.02 Å². The number of anilines is 3. The Morgan fingerprint density at radius 3 is 2.59 bits per heavy atom. The van der Waals surface area contributed by atoms with Crippen LogP contribution >= 0.6 is 11.6 Å². The van der Waals surface area contributed by atoms with Gasteiger partial charge in [-0.25, -0.2) is 9.97 Å². The van der Waals surface area contributed by atoms with Crippen LogP contribution in [0.1, 0.15) is 24.8 Å². The van der Waals surface area contributed by atoms with Crippen molar-refractivity contribution in [1.29, 1.82) is 5.26 Å². The van der Waals surface area contributed by atoms with Gasteiger partial charge in [0.05, 0.1) is 22.5 Å². The van der Waals surface area contributed by atoms with Crippen molar-refractivity contribution in [2.45, 2.75) is 19.3 Å². The van der Waals surface area contributed by atoms with Gasteiger partial charge in [0.1, 0.15) is 17.7 Å². The van der Waals surface area contributed by atoms with E-state index in [0.717, 1.165) is 24.6 Å². The van der Waals surface area contributed by atoms with Gasteiger partial charge >= 0.3 is 0 Å². The predicted molar refractivity (Wildman–Crippen MR) is 87.5 cm³/mol. The van der Waals surface area contributed by atoms with Crippen LogP contribution in [0.3, 0.4) is 0 Å². The summed E-state index contributed by atoms with van der Waals surface area (Å²) in [6, 6.07) is 7.57. The molecular weight excluding hydrogens is 298 g/mol. The third kappa shape index (κ3) is 3.29. The maximum atomic E-state index is 8.81. The van der Waals surface area contributed by atoms with Crippen LogP contribution in [-0.2, 0) is 0 Å². The lowest BCUT2D eigenvalue weighted by Crippen LogP contribution is -2.29. The van der Waals surface area contributed by atoms with Crippen LogP contribution in [0.15, 0.2) is 30.6 Å². The number of nitrogens with zero attached hydrogens (tertiary/aromatic N) is 4. The summed E-state index contributed by atoms with van der Waals surface area (Å²) in [5, 5.41) is 12.3. The molecule has 0 aliphatic carbocycles. The van der Waals surface area contributed by atoms with E-state index in [-0.39, 0.29) is 0 Å². The molecule has 0 radical (unpaired) electrons. The quantitative estimate of drug-likeness (QED) is 0.935. The molecule has 22 heavy (non-hydrogen) atoms. The van der Waals surface area contributed by atoms with Gasteiger partial charge in [-0.2, -0.15) is 5.26 Å². The van der Waals surface area contributed by atoms with Gasteiger partial charge in [-0.3, -0.25) is 0 Å². The van der Waals surface area contributed by atoms with E-state index in [9.17, 15) is 0 Å². The molecule has 0 amide bonds. The van der Waals surface area contributed by atoms with E-state index >= 15 is 0 Å². The highest BCUT2D eigenvalue weighted by Crippen LogP contribution is 2.25. The molecule has 1 aliphatic rings.